The van der Waals surface area contributed by atoms with Crippen molar-refractivity contribution in [3.8, 4) is 0 Å². The predicted molar refractivity (Wildman–Crippen MR) is 78.2 cm³/mol. The molecule has 1 aliphatic rings. The van der Waals surface area contributed by atoms with Gasteiger partial charge in [0.1, 0.15) is 5.60 Å². The van der Waals surface area contributed by atoms with Crippen molar-refractivity contribution in [2.75, 3.05) is 17.3 Å². The van der Waals surface area contributed by atoms with Gasteiger partial charge in [-0.2, -0.15) is 0 Å². The molecular weight excluding hydrogens is 302 g/mol. The van der Waals surface area contributed by atoms with Crippen LogP contribution in [0.3, 0.4) is 0 Å². The van der Waals surface area contributed by atoms with E-state index in [-0.39, 0.29) is 49.7 Å². The van der Waals surface area contributed by atoms with Crippen molar-refractivity contribution in [3.63, 3.8) is 0 Å². The van der Waals surface area contributed by atoms with Gasteiger partial charge in [0.05, 0.1) is 5.69 Å². The van der Waals surface area contributed by atoms with Crippen molar-refractivity contribution >= 4 is 23.4 Å². The van der Waals surface area contributed by atoms with Gasteiger partial charge in [-0.15, -0.1) is 11.6 Å². The molecule has 0 bridgehead atoms. The fourth-order valence-corrected chi connectivity index (χ4v) is 2.71. The average Bonchev–Trinajstić information content (AvgIpc) is 2.67. The molecule has 0 radical (unpaired) electrons. The Morgan fingerprint density at radius 3 is 2.65 bits per heavy atom. The van der Waals surface area contributed by atoms with Gasteiger partial charge < -0.3 is 4.74 Å². The van der Waals surface area contributed by atoms with Crippen molar-refractivity contribution in [1.29, 1.82) is 0 Å². The number of rotatable bonds is 1. The minimum Gasteiger partial charge on any atom is -0.443 e. The summed E-state index contributed by atoms with van der Waals surface area (Å²) in [5, 5.41) is 0. The molecule has 0 aliphatic carbocycles. The van der Waals surface area contributed by atoms with E-state index in [2.05, 4.69) is 13.0 Å². The fourth-order valence-electron chi connectivity index (χ4n) is 2.46. The third kappa shape index (κ3) is 3.82. The van der Waals surface area contributed by atoms with Gasteiger partial charge in [-0.25, -0.2) is 4.79 Å². The summed E-state index contributed by atoms with van der Waals surface area (Å²) in [5.41, 5.74) is 2.79. The van der Waals surface area contributed by atoms with E-state index in [4.69, 9.17) is 16.3 Å². The van der Waals surface area contributed by atoms with Crippen LogP contribution >= 0.6 is 11.6 Å². The first-order valence-corrected chi connectivity index (χ1v) is 7.03. The summed E-state index contributed by atoms with van der Waals surface area (Å²) in [7, 11) is 0. The van der Waals surface area contributed by atoms with Crippen molar-refractivity contribution in [3.05, 3.63) is 29.3 Å². The van der Waals surface area contributed by atoms with Gasteiger partial charge in [-0.05, 0) is 44.9 Å². The van der Waals surface area contributed by atoms with Gasteiger partial charge in [-0.1, -0.05) is 12.1 Å². The third-order valence-electron chi connectivity index (χ3n) is 3.20. The molecule has 1 heterocycles. The molecule has 0 fully saturated rings. The smallest absolute Gasteiger partial charge is 0.414 e. The summed E-state index contributed by atoms with van der Waals surface area (Å²) >= 11 is 6.03. The molecule has 0 saturated heterocycles. The van der Waals surface area contributed by atoms with Gasteiger partial charge in [-0.3, -0.25) is 4.90 Å². The Bertz CT molecular complexity index is 499. The molecule has 0 N–H and O–H groups in total. The van der Waals surface area contributed by atoms with Crippen LogP contribution in [-0.4, -0.2) is 24.1 Å². The van der Waals surface area contributed by atoms with Crippen LogP contribution in [0.4, 0.5) is 10.5 Å². The molecule has 20 heavy (non-hydrogen) atoms. The Hall–Kier alpha value is 0.0397. The molecule has 1 amide bonds. The number of anilines is 1. The number of halogens is 1. The second kappa shape index (κ2) is 6.87. The Kier molecular flexibility index (Phi) is 6.21. The van der Waals surface area contributed by atoms with Crippen molar-refractivity contribution in [1.82, 2.24) is 0 Å². The quantitative estimate of drug-likeness (QED) is 0.730. The van der Waals surface area contributed by atoms with E-state index in [0.717, 1.165) is 5.69 Å². The second-order valence-corrected chi connectivity index (χ2v) is 6.26. The number of fused-ring (bicyclic) bond motifs is 1. The third-order valence-corrected chi connectivity index (χ3v) is 3.58. The van der Waals surface area contributed by atoms with Crippen molar-refractivity contribution < 1.29 is 47.3 Å². The Labute approximate surface area is 155 Å². The molecule has 0 spiro atoms. The first-order valence-electron chi connectivity index (χ1n) is 6.49. The molecule has 0 saturated carbocycles. The number of nitrogens with zero attached hydrogens (tertiary/aromatic N) is 1. The standard InChI is InChI=1S/C15H20ClNO2.Ar/c1-10-6-5-7-12-13(10)11(8-16)9-17(12)14(18)19-15(2,3)4;/h5-7,11H,8-9H2,1-4H3;. The second-order valence-electron chi connectivity index (χ2n) is 5.95. The minimum atomic E-state index is -0.486. The zero-order valence-electron chi connectivity index (χ0n) is 12.2. The number of ether oxygens (including phenoxy) is 1. The van der Waals surface area contributed by atoms with Crippen LogP contribution in [-0.2, 0) is 4.74 Å². The number of alkyl halides is 1. The maximum atomic E-state index is 12.3. The zero-order chi connectivity index (χ0) is 14.2. The molecule has 3 nitrogen and oxygen atoms in total. The number of carbonyl (C=O) groups is 1. The first-order chi connectivity index (χ1) is 8.83. The number of benzene rings is 1. The summed E-state index contributed by atoms with van der Waals surface area (Å²) < 4.78 is 5.46. The number of aryl methyl sites for hydroxylation is 1. The monoisotopic (exact) mass is 321 g/mol. The average molecular weight is 322 g/mol. The molecule has 1 aromatic rings. The van der Waals surface area contributed by atoms with Crippen LogP contribution in [0, 0.1) is 44.7 Å². The van der Waals surface area contributed by atoms with E-state index in [1.54, 1.807) is 4.90 Å². The van der Waals surface area contributed by atoms with Gasteiger partial charge in [0, 0.05) is 56.1 Å². The van der Waals surface area contributed by atoms with Gasteiger partial charge >= 0.3 is 6.09 Å². The summed E-state index contributed by atoms with van der Waals surface area (Å²) in [4.78, 5) is 14.0. The Morgan fingerprint density at radius 2 is 2.10 bits per heavy atom. The number of amides is 1. The first kappa shape index (κ1) is 18.1. The molecule has 2 rings (SSSR count). The largest absolute Gasteiger partial charge is 0.443 e. The SMILES string of the molecule is Cc1cccc2c1C(CCl)CN2C(=O)OC(C)(C)C.[Ar]. The number of carbonyl (C=O) groups excluding carboxylic acids is 1. The topological polar surface area (TPSA) is 29.5 Å². The van der Waals surface area contributed by atoms with Crippen LogP contribution in [0.5, 0.6) is 0 Å². The normalized spacial score (nSPS) is 17.4. The Morgan fingerprint density at radius 1 is 1.45 bits per heavy atom. The molecule has 1 aliphatic heterocycles. The summed E-state index contributed by atoms with van der Waals surface area (Å²) in [6.07, 6.45) is -0.299. The molecule has 1 unspecified atom stereocenters. The van der Waals surface area contributed by atoms with Gasteiger partial charge in [0.2, 0.25) is 0 Å². The van der Waals surface area contributed by atoms with Crippen LogP contribution < -0.4 is 4.90 Å². The maximum absolute atomic E-state index is 12.3. The summed E-state index contributed by atoms with van der Waals surface area (Å²) in [6, 6.07) is 5.97. The molecule has 1 aromatic carbocycles. The number of hydrogen-bond acceptors (Lipinski definition) is 2. The zero-order valence-corrected chi connectivity index (χ0v) is 13.7. The van der Waals surface area contributed by atoms with Crippen molar-refractivity contribution in [2.45, 2.75) is 39.2 Å². The van der Waals surface area contributed by atoms with E-state index in [9.17, 15) is 4.79 Å². The van der Waals surface area contributed by atoms with E-state index in [0.29, 0.717) is 12.4 Å². The summed E-state index contributed by atoms with van der Waals surface area (Å²) in [6.45, 7) is 8.26. The maximum Gasteiger partial charge on any atom is 0.414 e. The molecule has 1 atom stereocenters. The van der Waals surface area contributed by atoms with Crippen LogP contribution in [0.1, 0.15) is 37.8 Å². The van der Waals surface area contributed by atoms with E-state index < -0.39 is 5.60 Å². The molecule has 5 heteroatoms. The van der Waals surface area contributed by atoms with Gasteiger partial charge in [0.25, 0.3) is 0 Å². The van der Waals surface area contributed by atoms with E-state index in [1.165, 1.54) is 11.1 Å². The Balaban J connectivity index is 0.00000200. The fraction of sp³-hybridized carbons (Fsp3) is 0.533. The van der Waals surface area contributed by atoms with Crippen LogP contribution in [0.2, 0.25) is 0 Å². The van der Waals surface area contributed by atoms with Crippen LogP contribution in [0.15, 0.2) is 18.2 Å². The van der Waals surface area contributed by atoms with Crippen molar-refractivity contribution in [2.24, 2.45) is 0 Å². The van der Waals surface area contributed by atoms with Crippen LogP contribution in [0.25, 0.3) is 0 Å². The molecular formula is C15H20ArClNO2. The summed E-state index contributed by atoms with van der Waals surface area (Å²) in [5.74, 6) is 0.697. The minimum absolute atomic E-state index is 0. The predicted octanol–water partition coefficient (Wildman–Crippen LogP) is 4.07. The van der Waals surface area contributed by atoms with E-state index >= 15 is 0 Å². The van der Waals surface area contributed by atoms with Gasteiger partial charge in [0.15, 0.2) is 0 Å². The van der Waals surface area contributed by atoms with E-state index in [1.807, 2.05) is 32.9 Å². The number of hydrogen-bond donors (Lipinski definition) is 0. The molecule has 112 valence electrons. The molecule has 0 aromatic heterocycles.